The maximum atomic E-state index is 12.6. The van der Waals surface area contributed by atoms with E-state index in [1.165, 1.54) is 11.3 Å². The Kier molecular flexibility index (Phi) is 4.58. The number of hydrogen-bond acceptors (Lipinski definition) is 3. The van der Waals surface area contributed by atoms with Crippen molar-refractivity contribution >= 4 is 23.2 Å². The number of carbonyl (C=O) groups excluding carboxylic acids is 1. The lowest BCUT2D eigenvalue weighted by molar-refractivity contribution is -0.138. The number of likely N-dealkylation sites (tertiary alicyclic amines) is 1. The molecule has 1 aliphatic heterocycles. The number of thiophene rings is 1. The number of rotatable bonds is 4. The topological polar surface area (TPSA) is 57.6 Å². The Balaban J connectivity index is 2.17. The molecule has 1 saturated heterocycles. The van der Waals surface area contributed by atoms with Crippen molar-refractivity contribution in [2.45, 2.75) is 45.1 Å². The van der Waals surface area contributed by atoms with Crippen LogP contribution >= 0.6 is 11.3 Å². The zero-order valence-electron chi connectivity index (χ0n) is 11.1. The van der Waals surface area contributed by atoms with Gasteiger partial charge in [-0.3, -0.25) is 9.59 Å². The van der Waals surface area contributed by atoms with Gasteiger partial charge in [-0.2, -0.15) is 0 Å². The Morgan fingerprint density at radius 1 is 1.47 bits per heavy atom. The molecule has 2 rings (SSSR count). The summed E-state index contributed by atoms with van der Waals surface area (Å²) in [7, 11) is 0. The maximum Gasteiger partial charge on any atom is 0.305 e. The molecule has 1 atom stereocenters. The van der Waals surface area contributed by atoms with E-state index in [0.717, 1.165) is 36.1 Å². The predicted octanol–water partition coefficient (Wildman–Crippen LogP) is 2.78. The molecule has 1 amide bonds. The van der Waals surface area contributed by atoms with E-state index in [4.69, 9.17) is 5.11 Å². The van der Waals surface area contributed by atoms with Crippen LogP contribution in [0, 0.1) is 0 Å². The van der Waals surface area contributed by atoms with Crippen LogP contribution in [0.1, 0.15) is 47.8 Å². The number of carboxylic acids is 1. The van der Waals surface area contributed by atoms with Gasteiger partial charge in [-0.15, -0.1) is 11.3 Å². The fourth-order valence-electron chi connectivity index (χ4n) is 2.61. The van der Waals surface area contributed by atoms with Crippen molar-refractivity contribution < 1.29 is 14.7 Å². The van der Waals surface area contributed by atoms with Gasteiger partial charge in [0, 0.05) is 12.6 Å². The normalized spacial score (nSPS) is 19.4. The summed E-state index contributed by atoms with van der Waals surface area (Å²) in [5, 5.41) is 10.9. The number of piperidine rings is 1. The first-order chi connectivity index (χ1) is 9.13. The molecule has 0 spiro atoms. The van der Waals surface area contributed by atoms with Gasteiger partial charge >= 0.3 is 5.97 Å². The number of carbonyl (C=O) groups is 2. The number of carboxylic acid groups (broad SMARTS) is 1. The number of aryl methyl sites for hydroxylation is 1. The quantitative estimate of drug-likeness (QED) is 0.923. The lowest BCUT2D eigenvalue weighted by Gasteiger charge is -2.35. The molecule has 0 bridgehead atoms. The van der Waals surface area contributed by atoms with Crippen molar-refractivity contribution in [2.24, 2.45) is 0 Å². The van der Waals surface area contributed by atoms with Crippen molar-refractivity contribution in [3.8, 4) is 0 Å². The van der Waals surface area contributed by atoms with E-state index in [2.05, 4.69) is 0 Å². The highest BCUT2D eigenvalue weighted by molar-refractivity contribution is 7.12. The zero-order chi connectivity index (χ0) is 13.8. The van der Waals surface area contributed by atoms with E-state index in [1.807, 2.05) is 18.4 Å². The summed E-state index contributed by atoms with van der Waals surface area (Å²) in [5.74, 6) is -0.815. The van der Waals surface area contributed by atoms with Crippen LogP contribution in [0.15, 0.2) is 11.4 Å². The maximum absolute atomic E-state index is 12.6. The molecule has 1 aliphatic rings. The summed E-state index contributed by atoms with van der Waals surface area (Å²) in [6, 6.07) is 1.83. The molecular weight excluding hydrogens is 262 g/mol. The van der Waals surface area contributed by atoms with E-state index in [1.54, 1.807) is 4.90 Å². The molecule has 4 nitrogen and oxygen atoms in total. The molecule has 5 heteroatoms. The summed E-state index contributed by atoms with van der Waals surface area (Å²) < 4.78 is 0. The molecule has 19 heavy (non-hydrogen) atoms. The molecule has 1 fully saturated rings. The van der Waals surface area contributed by atoms with Crippen LogP contribution in [0.2, 0.25) is 0 Å². The Bertz CT molecular complexity index is 469. The number of hydrogen-bond donors (Lipinski definition) is 1. The molecule has 1 aromatic heterocycles. The van der Waals surface area contributed by atoms with Gasteiger partial charge in [0.05, 0.1) is 11.3 Å². The minimum absolute atomic E-state index is 0.0119. The van der Waals surface area contributed by atoms with E-state index >= 15 is 0 Å². The van der Waals surface area contributed by atoms with Gasteiger partial charge < -0.3 is 10.0 Å². The minimum Gasteiger partial charge on any atom is -0.481 e. The van der Waals surface area contributed by atoms with Crippen LogP contribution in [0.5, 0.6) is 0 Å². The third-order valence-corrected chi connectivity index (χ3v) is 4.56. The number of nitrogens with zero attached hydrogens (tertiary/aromatic N) is 1. The van der Waals surface area contributed by atoms with Crippen molar-refractivity contribution in [3.05, 3.63) is 21.9 Å². The Morgan fingerprint density at radius 3 is 2.95 bits per heavy atom. The number of amides is 1. The van der Waals surface area contributed by atoms with Crippen LogP contribution in [-0.4, -0.2) is 34.5 Å². The highest BCUT2D eigenvalue weighted by atomic mass is 32.1. The lowest BCUT2D eigenvalue weighted by Crippen LogP contribution is -2.44. The molecule has 0 radical (unpaired) electrons. The van der Waals surface area contributed by atoms with Crippen molar-refractivity contribution in [3.63, 3.8) is 0 Å². The summed E-state index contributed by atoms with van der Waals surface area (Å²) in [6.45, 7) is 2.71. The third kappa shape index (κ3) is 3.15. The second-order valence-corrected chi connectivity index (χ2v) is 5.79. The fraction of sp³-hybridized carbons (Fsp3) is 0.571. The molecule has 1 aromatic rings. The van der Waals surface area contributed by atoms with Gasteiger partial charge in [0.2, 0.25) is 0 Å². The van der Waals surface area contributed by atoms with Gasteiger partial charge in [-0.25, -0.2) is 0 Å². The average molecular weight is 281 g/mol. The average Bonchev–Trinajstić information content (AvgIpc) is 2.86. The summed E-state index contributed by atoms with van der Waals surface area (Å²) in [4.78, 5) is 26.0. The van der Waals surface area contributed by atoms with Gasteiger partial charge in [-0.05, 0) is 42.7 Å². The fourth-order valence-corrected chi connectivity index (χ4v) is 3.56. The van der Waals surface area contributed by atoms with Crippen molar-refractivity contribution in [2.75, 3.05) is 6.54 Å². The zero-order valence-corrected chi connectivity index (χ0v) is 11.9. The van der Waals surface area contributed by atoms with Gasteiger partial charge in [-0.1, -0.05) is 6.92 Å². The van der Waals surface area contributed by atoms with E-state index in [9.17, 15) is 9.59 Å². The van der Waals surface area contributed by atoms with E-state index < -0.39 is 5.97 Å². The standard InChI is InChI=1S/C14H19NO3S/c1-2-10-6-8-19-13(10)14(18)15-7-4-3-5-11(15)9-12(16)17/h6,8,11H,2-5,7,9H2,1H3,(H,16,17). The first-order valence-electron chi connectivity index (χ1n) is 6.72. The number of aliphatic carboxylic acids is 1. The van der Waals surface area contributed by atoms with Crippen LogP contribution in [0.4, 0.5) is 0 Å². The van der Waals surface area contributed by atoms with Gasteiger partial charge in [0.1, 0.15) is 0 Å². The van der Waals surface area contributed by atoms with Gasteiger partial charge in [0.15, 0.2) is 0 Å². The smallest absolute Gasteiger partial charge is 0.305 e. The van der Waals surface area contributed by atoms with Crippen molar-refractivity contribution in [1.82, 2.24) is 4.90 Å². The summed E-state index contributed by atoms with van der Waals surface area (Å²) >= 11 is 1.46. The summed E-state index contributed by atoms with van der Waals surface area (Å²) in [5.41, 5.74) is 1.06. The Morgan fingerprint density at radius 2 is 2.26 bits per heavy atom. The molecule has 0 saturated carbocycles. The molecular formula is C14H19NO3S. The van der Waals surface area contributed by atoms with Crippen LogP contribution < -0.4 is 0 Å². The molecule has 2 heterocycles. The van der Waals surface area contributed by atoms with Crippen molar-refractivity contribution in [1.29, 1.82) is 0 Å². The van der Waals surface area contributed by atoms with Crippen LogP contribution in [-0.2, 0) is 11.2 Å². The monoisotopic (exact) mass is 281 g/mol. The lowest BCUT2D eigenvalue weighted by atomic mass is 9.98. The molecule has 104 valence electrons. The van der Waals surface area contributed by atoms with E-state index in [0.29, 0.717) is 6.54 Å². The highest BCUT2D eigenvalue weighted by Gasteiger charge is 2.30. The molecule has 0 aromatic carbocycles. The van der Waals surface area contributed by atoms with E-state index in [-0.39, 0.29) is 18.4 Å². The first kappa shape index (κ1) is 14.1. The van der Waals surface area contributed by atoms with Gasteiger partial charge in [0.25, 0.3) is 5.91 Å². The minimum atomic E-state index is -0.827. The molecule has 1 unspecified atom stereocenters. The molecule has 0 aliphatic carbocycles. The second kappa shape index (κ2) is 6.19. The molecule has 1 N–H and O–H groups in total. The van der Waals surface area contributed by atoms with Crippen LogP contribution in [0.3, 0.4) is 0 Å². The second-order valence-electron chi connectivity index (χ2n) is 4.87. The largest absolute Gasteiger partial charge is 0.481 e. The third-order valence-electron chi connectivity index (χ3n) is 3.62. The predicted molar refractivity (Wildman–Crippen MR) is 74.6 cm³/mol. The first-order valence-corrected chi connectivity index (χ1v) is 7.60. The SMILES string of the molecule is CCc1ccsc1C(=O)N1CCCCC1CC(=O)O. The Hall–Kier alpha value is -1.36. The highest BCUT2D eigenvalue weighted by Crippen LogP contribution is 2.26. The van der Waals surface area contributed by atoms with Crippen LogP contribution in [0.25, 0.3) is 0 Å². The Labute approximate surface area is 117 Å². The summed E-state index contributed by atoms with van der Waals surface area (Å²) in [6.07, 6.45) is 3.66.